The molecule has 0 bridgehead atoms. The number of amides is 2. The molecule has 2 atom stereocenters. The molecule has 2 heterocycles. The average molecular weight is 462 g/mol. The Labute approximate surface area is 198 Å². The summed E-state index contributed by atoms with van der Waals surface area (Å²) in [6.07, 6.45) is 0.188. The highest BCUT2D eigenvalue weighted by Gasteiger charge is 2.36. The van der Waals surface area contributed by atoms with Crippen molar-refractivity contribution in [2.45, 2.75) is 12.5 Å². The molecular weight excluding hydrogens is 433 g/mol. The molecule has 1 N–H and O–H groups in total. The molecule has 34 heavy (non-hydrogen) atoms. The van der Waals surface area contributed by atoms with E-state index in [1.54, 1.807) is 17.0 Å². The molecule has 0 radical (unpaired) electrons. The Morgan fingerprint density at radius 3 is 2.56 bits per heavy atom. The lowest BCUT2D eigenvalue weighted by Crippen LogP contribution is -2.45. The van der Waals surface area contributed by atoms with Gasteiger partial charge >= 0.3 is 0 Å². The topological polar surface area (TPSA) is 61.9 Å². The molecule has 7 heteroatoms. The van der Waals surface area contributed by atoms with E-state index >= 15 is 0 Å². The summed E-state index contributed by atoms with van der Waals surface area (Å²) in [4.78, 5) is 29.9. The Morgan fingerprint density at radius 2 is 1.76 bits per heavy atom. The zero-order valence-corrected chi connectivity index (χ0v) is 19.0. The normalized spacial score (nSPS) is 20.0. The van der Waals surface area contributed by atoms with Crippen LogP contribution in [0.2, 0.25) is 0 Å². The highest BCUT2D eigenvalue weighted by Crippen LogP contribution is 2.32. The van der Waals surface area contributed by atoms with E-state index in [9.17, 15) is 14.0 Å². The summed E-state index contributed by atoms with van der Waals surface area (Å²) >= 11 is 0. The molecule has 0 aliphatic carbocycles. The predicted molar refractivity (Wildman–Crippen MR) is 129 cm³/mol. The lowest BCUT2D eigenvalue weighted by Gasteiger charge is -2.35. The second-order valence-electron chi connectivity index (χ2n) is 8.86. The third-order valence-corrected chi connectivity index (χ3v) is 6.76. The van der Waals surface area contributed by atoms with E-state index in [2.05, 4.69) is 10.2 Å². The third kappa shape index (κ3) is 4.67. The van der Waals surface area contributed by atoms with Gasteiger partial charge in [-0.1, -0.05) is 48.5 Å². The lowest BCUT2D eigenvalue weighted by molar-refractivity contribution is -0.126. The number of ether oxygens (including phenoxy) is 1. The number of rotatable bonds is 6. The van der Waals surface area contributed by atoms with E-state index in [1.165, 1.54) is 12.1 Å². The van der Waals surface area contributed by atoms with Crippen molar-refractivity contribution in [2.75, 3.05) is 44.3 Å². The maximum atomic E-state index is 13.5. The van der Waals surface area contributed by atoms with Crippen LogP contribution in [-0.2, 0) is 14.3 Å². The van der Waals surface area contributed by atoms with Crippen molar-refractivity contribution in [3.05, 3.63) is 78.1 Å². The maximum Gasteiger partial charge on any atom is 0.227 e. The van der Waals surface area contributed by atoms with Gasteiger partial charge in [0.25, 0.3) is 0 Å². The zero-order valence-electron chi connectivity index (χ0n) is 19.0. The summed E-state index contributed by atoms with van der Waals surface area (Å²) in [5, 5.41) is 5.14. The molecule has 3 aromatic carbocycles. The summed E-state index contributed by atoms with van der Waals surface area (Å²) in [7, 11) is 0. The summed E-state index contributed by atoms with van der Waals surface area (Å²) in [6.45, 7) is 3.50. The maximum absolute atomic E-state index is 13.5. The van der Waals surface area contributed by atoms with Gasteiger partial charge in [-0.15, -0.1) is 0 Å². The highest BCUT2D eigenvalue weighted by atomic mass is 19.1. The average Bonchev–Trinajstić information content (AvgIpc) is 3.27. The number of nitrogens with zero attached hydrogens (tertiary/aromatic N) is 2. The number of fused-ring (bicyclic) bond motifs is 1. The van der Waals surface area contributed by atoms with Gasteiger partial charge in [0.2, 0.25) is 11.8 Å². The molecule has 176 valence electrons. The van der Waals surface area contributed by atoms with Crippen molar-refractivity contribution in [1.29, 1.82) is 0 Å². The molecule has 2 unspecified atom stereocenters. The number of halogens is 1. The minimum absolute atomic E-state index is 0.0419. The minimum atomic E-state index is -0.412. The first-order chi connectivity index (χ1) is 16.6. The van der Waals surface area contributed by atoms with Crippen molar-refractivity contribution >= 4 is 28.3 Å². The van der Waals surface area contributed by atoms with Gasteiger partial charge < -0.3 is 15.0 Å². The second-order valence-corrected chi connectivity index (χ2v) is 8.86. The zero-order chi connectivity index (χ0) is 23.5. The van der Waals surface area contributed by atoms with Gasteiger partial charge in [-0.2, -0.15) is 0 Å². The number of hydrogen-bond donors (Lipinski definition) is 1. The Hall–Kier alpha value is -3.29. The Balaban J connectivity index is 1.28. The Morgan fingerprint density at radius 1 is 1.03 bits per heavy atom. The monoisotopic (exact) mass is 461 g/mol. The van der Waals surface area contributed by atoms with E-state index in [0.29, 0.717) is 26.3 Å². The van der Waals surface area contributed by atoms with E-state index in [1.807, 2.05) is 42.5 Å². The molecule has 2 saturated heterocycles. The van der Waals surface area contributed by atoms with Crippen LogP contribution < -0.4 is 10.2 Å². The van der Waals surface area contributed by atoms with Crippen LogP contribution in [0, 0.1) is 11.7 Å². The molecule has 2 amide bonds. The van der Waals surface area contributed by atoms with Gasteiger partial charge in [0.15, 0.2) is 0 Å². The van der Waals surface area contributed by atoms with Crippen LogP contribution >= 0.6 is 0 Å². The largest absolute Gasteiger partial charge is 0.379 e. The lowest BCUT2D eigenvalue weighted by atomic mass is 10.0. The molecule has 2 aliphatic rings. The van der Waals surface area contributed by atoms with Gasteiger partial charge in [0.1, 0.15) is 5.82 Å². The third-order valence-electron chi connectivity index (χ3n) is 6.76. The first-order valence-corrected chi connectivity index (χ1v) is 11.7. The summed E-state index contributed by atoms with van der Waals surface area (Å²) in [6, 6.07) is 20.2. The SMILES string of the molecule is O=C(NCC(c1ccc(F)cc1)N1CCOCC1)C1CC(=O)N(c2cccc3ccccc23)C1. The van der Waals surface area contributed by atoms with E-state index < -0.39 is 5.92 Å². The first kappa shape index (κ1) is 22.5. The minimum Gasteiger partial charge on any atom is -0.379 e. The van der Waals surface area contributed by atoms with E-state index in [0.717, 1.165) is 35.1 Å². The molecule has 0 saturated carbocycles. The number of hydrogen-bond acceptors (Lipinski definition) is 4. The van der Waals surface area contributed by atoms with Crippen LogP contribution in [0.1, 0.15) is 18.0 Å². The van der Waals surface area contributed by atoms with Gasteiger partial charge in [-0.3, -0.25) is 14.5 Å². The van der Waals surface area contributed by atoms with Gasteiger partial charge in [-0.05, 0) is 29.1 Å². The van der Waals surface area contributed by atoms with Gasteiger partial charge in [-0.25, -0.2) is 4.39 Å². The molecular formula is C27H28FN3O3. The summed E-state index contributed by atoms with van der Waals surface area (Å²) in [5.41, 5.74) is 1.79. The first-order valence-electron chi connectivity index (χ1n) is 11.7. The fraction of sp³-hybridized carbons (Fsp3) is 0.333. The van der Waals surface area contributed by atoms with Crippen molar-refractivity contribution < 1.29 is 18.7 Å². The number of carbonyl (C=O) groups is 2. The number of carbonyl (C=O) groups excluding carboxylic acids is 2. The van der Waals surface area contributed by atoms with Crippen molar-refractivity contribution in [3.8, 4) is 0 Å². The molecule has 2 aliphatic heterocycles. The van der Waals surface area contributed by atoms with Crippen LogP contribution in [0.3, 0.4) is 0 Å². The fourth-order valence-corrected chi connectivity index (χ4v) is 4.93. The van der Waals surface area contributed by atoms with E-state index in [-0.39, 0.29) is 30.1 Å². The summed E-state index contributed by atoms with van der Waals surface area (Å²) in [5.74, 6) is -0.868. The van der Waals surface area contributed by atoms with Crippen LogP contribution in [0.25, 0.3) is 10.8 Å². The molecule has 6 nitrogen and oxygen atoms in total. The van der Waals surface area contributed by atoms with Gasteiger partial charge in [0.05, 0.1) is 30.9 Å². The number of morpholine rings is 1. The molecule has 0 spiro atoms. The Bertz CT molecular complexity index is 1170. The number of benzene rings is 3. The van der Waals surface area contributed by atoms with Crippen LogP contribution in [0.15, 0.2) is 66.7 Å². The fourth-order valence-electron chi connectivity index (χ4n) is 4.93. The number of nitrogens with one attached hydrogen (secondary N) is 1. The predicted octanol–water partition coefficient (Wildman–Crippen LogP) is 3.52. The number of anilines is 1. The standard InChI is InChI=1S/C27H28FN3O3/c28-22-10-8-20(9-11-22)25(30-12-14-34-15-13-30)17-29-27(33)21-16-26(32)31(18-21)24-7-3-5-19-4-1-2-6-23(19)24/h1-11,21,25H,12-18H2,(H,29,33). The molecule has 5 rings (SSSR count). The molecule has 2 fully saturated rings. The van der Waals surface area contributed by atoms with Crippen LogP contribution in [-0.4, -0.2) is 56.1 Å². The van der Waals surface area contributed by atoms with Crippen LogP contribution in [0.5, 0.6) is 0 Å². The molecule has 3 aromatic rings. The highest BCUT2D eigenvalue weighted by molar-refractivity contribution is 6.06. The van der Waals surface area contributed by atoms with E-state index in [4.69, 9.17) is 4.74 Å². The Kier molecular flexibility index (Phi) is 6.56. The smallest absolute Gasteiger partial charge is 0.227 e. The van der Waals surface area contributed by atoms with Crippen molar-refractivity contribution in [2.24, 2.45) is 5.92 Å². The summed E-state index contributed by atoms with van der Waals surface area (Å²) < 4.78 is 19.0. The molecule has 0 aromatic heterocycles. The van der Waals surface area contributed by atoms with Crippen molar-refractivity contribution in [3.63, 3.8) is 0 Å². The quantitative estimate of drug-likeness (QED) is 0.610. The van der Waals surface area contributed by atoms with Crippen LogP contribution in [0.4, 0.5) is 10.1 Å². The second kappa shape index (κ2) is 9.91. The van der Waals surface area contributed by atoms with Crippen molar-refractivity contribution in [1.82, 2.24) is 10.2 Å². The van der Waals surface area contributed by atoms with Gasteiger partial charge in [0, 0.05) is 38.0 Å².